The highest BCUT2D eigenvalue weighted by molar-refractivity contribution is 7.99. The Morgan fingerprint density at radius 1 is 1.25 bits per heavy atom. The van der Waals surface area contributed by atoms with Gasteiger partial charge in [-0.1, -0.05) is 12.1 Å². The second-order valence-electron chi connectivity index (χ2n) is 4.15. The van der Waals surface area contributed by atoms with Crippen LogP contribution < -0.4 is 4.72 Å². The molecule has 0 aliphatic heterocycles. The Hall–Kier alpha value is -1.07. The Bertz CT molecular complexity index is 536. The van der Waals surface area contributed by atoms with E-state index in [9.17, 15) is 8.42 Å². The summed E-state index contributed by atoms with van der Waals surface area (Å²) in [4.78, 5) is 0. The molecule has 1 aromatic carbocycles. The quantitative estimate of drug-likeness (QED) is 0.666. The van der Waals surface area contributed by atoms with E-state index < -0.39 is 10.0 Å². The molecular formula is C13H18N2O3S2. The van der Waals surface area contributed by atoms with Gasteiger partial charge in [0.1, 0.15) is 0 Å². The van der Waals surface area contributed by atoms with Crippen LogP contribution in [0.25, 0.3) is 0 Å². The molecule has 0 aliphatic carbocycles. The summed E-state index contributed by atoms with van der Waals surface area (Å²) in [5, 5.41) is 17.3. The van der Waals surface area contributed by atoms with Crippen molar-refractivity contribution in [3.05, 3.63) is 35.4 Å². The van der Waals surface area contributed by atoms with E-state index in [0.29, 0.717) is 23.4 Å². The second-order valence-corrected chi connectivity index (χ2v) is 7.18. The number of thioether (sulfide) groups is 1. The first-order chi connectivity index (χ1) is 9.57. The predicted molar refractivity (Wildman–Crippen MR) is 80.8 cm³/mol. The lowest BCUT2D eigenvalue weighted by molar-refractivity contribution is 0.296. The van der Waals surface area contributed by atoms with Gasteiger partial charge >= 0.3 is 0 Å². The number of rotatable bonds is 9. The summed E-state index contributed by atoms with van der Waals surface area (Å²) in [5.74, 6) is 1.43. The van der Waals surface area contributed by atoms with Gasteiger partial charge in [-0.25, -0.2) is 13.1 Å². The molecule has 0 saturated carbocycles. The number of benzene rings is 1. The van der Waals surface area contributed by atoms with Gasteiger partial charge in [-0.2, -0.15) is 17.0 Å². The molecule has 0 fully saturated rings. The topological polar surface area (TPSA) is 90.2 Å². The minimum atomic E-state index is -3.34. The number of aliphatic hydroxyl groups is 1. The van der Waals surface area contributed by atoms with Gasteiger partial charge in [0, 0.05) is 18.9 Å². The Morgan fingerprint density at radius 3 is 2.55 bits per heavy atom. The van der Waals surface area contributed by atoms with E-state index in [-0.39, 0.29) is 12.4 Å². The van der Waals surface area contributed by atoms with Gasteiger partial charge in [0.2, 0.25) is 10.0 Å². The minimum absolute atomic E-state index is 0.0833. The standard InChI is InChI=1S/C13H18N2O3S2/c14-10-12-2-4-13(5-3-12)11-20(17,18)15-6-9-19-8-1-7-16/h2-5,15-16H,1,6-9,11H2. The van der Waals surface area contributed by atoms with Crippen molar-refractivity contribution < 1.29 is 13.5 Å². The Morgan fingerprint density at radius 2 is 1.95 bits per heavy atom. The van der Waals surface area contributed by atoms with Gasteiger partial charge in [0.25, 0.3) is 0 Å². The molecule has 7 heteroatoms. The Labute approximate surface area is 124 Å². The number of nitriles is 1. The number of aliphatic hydroxyl groups excluding tert-OH is 1. The molecule has 1 rings (SSSR count). The van der Waals surface area contributed by atoms with E-state index in [2.05, 4.69) is 4.72 Å². The van der Waals surface area contributed by atoms with Gasteiger partial charge in [-0.05, 0) is 29.9 Å². The molecular weight excluding hydrogens is 296 g/mol. The summed E-state index contributed by atoms with van der Waals surface area (Å²) >= 11 is 1.61. The van der Waals surface area contributed by atoms with Crippen molar-refractivity contribution in [2.24, 2.45) is 0 Å². The molecule has 2 N–H and O–H groups in total. The maximum Gasteiger partial charge on any atom is 0.215 e. The van der Waals surface area contributed by atoms with Gasteiger partial charge in [0.05, 0.1) is 17.4 Å². The summed E-state index contributed by atoms with van der Waals surface area (Å²) in [5.41, 5.74) is 1.17. The van der Waals surface area contributed by atoms with Gasteiger partial charge in [0.15, 0.2) is 0 Å². The number of nitrogens with zero attached hydrogens (tertiary/aromatic N) is 1. The van der Waals surface area contributed by atoms with Crippen molar-refractivity contribution in [2.75, 3.05) is 24.7 Å². The lowest BCUT2D eigenvalue weighted by Crippen LogP contribution is -2.27. The van der Waals surface area contributed by atoms with E-state index in [1.54, 1.807) is 36.0 Å². The molecule has 0 radical (unpaired) electrons. The molecule has 0 aliphatic rings. The third kappa shape index (κ3) is 6.91. The molecule has 5 nitrogen and oxygen atoms in total. The zero-order valence-corrected chi connectivity index (χ0v) is 12.7. The maximum atomic E-state index is 11.8. The zero-order valence-electron chi connectivity index (χ0n) is 11.1. The normalized spacial score (nSPS) is 11.2. The summed E-state index contributed by atoms with van der Waals surface area (Å²) in [6, 6.07) is 8.50. The highest BCUT2D eigenvalue weighted by Crippen LogP contribution is 2.07. The number of hydrogen-bond donors (Lipinski definition) is 2. The summed E-state index contributed by atoms with van der Waals surface area (Å²) in [6.45, 7) is 0.548. The molecule has 0 bridgehead atoms. The zero-order chi connectivity index (χ0) is 14.8. The molecule has 0 aromatic heterocycles. The third-order valence-corrected chi connectivity index (χ3v) is 4.88. The first-order valence-electron chi connectivity index (χ1n) is 6.22. The second kappa shape index (κ2) is 8.97. The first-order valence-corrected chi connectivity index (χ1v) is 9.03. The molecule has 0 saturated heterocycles. The highest BCUT2D eigenvalue weighted by Gasteiger charge is 2.10. The van der Waals surface area contributed by atoms with Crippen LogP contribution in [0.1, 0.15) is 17.5 Å². The van der Waals surface area contributed by atoms with Gasteiger partial charge < -0.3 is 5.11 Å². The molecule has 0 spiro atoms. The minimum Gasteiger partial charge on any atom is -0.396 e. The fraction of sp³-hybridized carbons (Fsp3) is 0.462. The summed E-state index contributed by atoms with van der Waals surface area (Å²) < 4.78 is 26.2. The smallest absolute Gasteiger partial charge is 0.215 e. The molecule has 0 unspecified atom stereocenters. The Kier molecular flexibility index (Phi) is 7.62. The van der Waals surface area contributed by atoms with Crippen LogP contribution in [0.5, 0.6) is 0 Å². The van der Waals surface area contributed by atoms with E-state index in [4.69, 9.17) is 10.4 Å². The first kappa shape index (κ1) is 17.0. The summed E-state index contributed by atoms with van der Waals surface area (Å²) in [6.07, 6.45) is 0.725. The maximum absolute atomic E-state index is 11.8. The highest BCUT2D eigenvalue weighted by atomic mass is 32.2. The summed E-state index contributed by atoms with van der Waals surface area (Å²) in [7, 11) is -3.34. The molecule has 0 heterocycles. The molecule has 0 amide bonds. The van der Waals surface area contributed by atoms with E-state index >= 15 is 0 Å². The number of hydrogen-bond acceptors (Lipinski definition) is 5. The van der Waals surface area contributed by atoms with Crippen LogP contribution in [0.3, 0.4) is 0 Å². The van der Waals surface area contributed by atoms with E-state index in [1.807, 2.05) is 6.07 Å². The molecule has 0 atom stereocenters. The van der Waals surface area contributed by atoms with E-state index in [0.717, 1.165) is 12.2 Å². The van der Waals surface area contributed by atoms with Crippen molar-refractivity contribution in [3.63, 3.8) is 0 Å². The lowest BCUT2D eigenvalue weighted by Gasteiger charge is -2.06. The largest absolute Gasteiger partial charge is 0.396 e. The van der Waals surface area contributed by atoms with Crippen LogP contribution in [0.4, 0.5) is 0 Å². The van der Waals surface area contributed by atoms with E-state index in [1.165, 1.54) is 0 Å². The van der Waals surface area contributed by atoms with Crippen LogP contribution in [0, 0.1) is 11.3 Å². The predicted octanol–water partition coefficient (Wildman–Crippen LogP) is 1.09. The average molecular weight is 314 g/mol. The fourth-order valence-corrected chi connectivity index (χ4v) is 3.54. The number of nitrogens with one attached hydrogen (secondary N) is 1. The van der Waals surface area contributed by atoms with Crippen molar-refractivity contribution in [3.8, 4) is 6.07 Å². The van der Waals surface area contributed by atoms with Gasteiger partial charge in [-0.15, -0.1) is 0 Å². The molecule has 1 aromatic rings. The SMILES string of the molecule is N#Cc1ccc(CS(=O)(=O)NCCSCCCO)cc1. The fourth-order valence-electron chi connectivity index (χ4n) is 1.48. The Balaban J connectivity index is 2.35. The third-order valence-electron chi connectivity index (χ3n) is 2.45. The van der Waals surface area contributed by atoms with Crippen molar-refractivity contribution in [1.29, 1.82) is 5.26 Å². The van der Waals surface area contributed by atoms with Crippen LogP contribution in [-0.4, -0.2) is 38.2 Å². The lowest BCUT2D eigenvalue weighted by atomic mass is 10.2. The van der Waals surface area contributed by atoms with Crippen molar-refractivity contribution in [1.82, 2.24) is 4.72 Å². The van der Waals surface area contributed by atoms with Crippen LogP contribution in [-0.2, 0) is 15.8 Å². The molecule has 110 valence electrons. The van der Waals surface area contributed by atoms with Gasteiger partial charge in [-0.3, -0.25) is 0 Å². The molecule has 20 heavy (non-hydrogen) atoms. The van der Waals surface area contributed by atoms with Crippen LogP contribution in [0.15, 0.2) is 24.3 Å². The van der Waals surface area contributed by atoms with Crippen molar-refractivity contribution >= 4 is 21.8 Å². The monoisotopic (exact) mass is 314 g/mol. The van der Waals surface area contributed by atoms with Crippen LogP contribution in [0.2, 0.25) is 0 Å². The number of sulfonamides is 1. The van der Waals surface area contributed by atoms with Crippen LogP contribution >= 0.6 is 11.8 Å². The van der Waals surface area contributed by atoms with Crippen molar-refractivity contribution in [2.45, 2.75) is 12.2 Å². The average Bonchev–Trinajstić information content (AvgIpc) is 2.43.